The molecule has 0 aliphatic rings. The Labute approximate surface area is 204 Å². The highest BCUT2D eigenvalue weighted by atomic mass is 127. The maximum atomic E-state index is 5.97. The lowest BCUT2D eigenvalue weighted by molar-refractivity contribution is 0.172. The predicted molar refractivity (Wildman–Crippen MR) is 138 cm³/mol. The van der Waals surface area contributed by atoms with Crippen LogP contribution in [0.4, 0.5) is 0 Å². The van der Waals surface area contributed by atoms with Gasteiger partial charge in [-0.1, -0.05) is 12.1 Å². The molecule has 1 aromatic carbocycles. The van der Waals surface area contributed by atoms with E-state index >= 15 is 0 Å². The number of nitrogens with zero attached hydrogens (tertiary/aromatic N) is 3. The first-order chi connectivity index (χ1) is 14.5. The van der Waals surface area contributed by atoms with E-state index in [9.17, 15) is 0 Å². The zero-order chi connectivity index (χ0) is 21.8. The lowest BCUT2D eigenvalue weighted by atomic mass is 10.1. The number of guanidine groups is 1. The fourth-order valence-electron chi connectivity index (χ4n) is 3.16. The number of aryl methyl sites for hydroxylation is 4. The molecule has 0 saturated carbocycles. The summed E-state index contributed by atoms with van der Waals surface area (Å²) in [4.78, 5) is 4.75. The number of methoxy groups -OCH3 is 1. The van der Waals surface area contributed by atoms with Crippen molar-refractivity contribution in [3.63, 3.8) is 0 Å². The van der Waals surface area contributed by atoms with Crippen molar-refractivity contribution in [2.45, 2.75) is 53.6 Å². The molecule has 0 spiro atoms. The van der Waals surface area contributed by atoms with Crippen LogP contribution in [0, 0.1) is 20.8 Å². The minimum Gasteiger partial charge on any atom is -0.493 e. The van der Waals surface area contributed by atoms with E-state index in [4.69, 9.17) is 14.5 Å². The number of rotatable bonds is 12. The van der Waals surface area contributed by atoms with Crippen LogP contribution < -0.4 is 15.4 Å². The minimum absolute atomic E-state index is 0. The second kappa shape index (κ2) is 15.1. The molecule has 1 aromatic heterocycles. The molecule has 0 atom stereocenters. The second-order valence-corrected chi connectivity index (χ2v) is 7.43. The Bertz CT molecular complexity index is 807. The van der Waals surface area contributed by atoms with E-state index in [1.165, 1.54) is 11.3 Å². The monoisotopic (exact) mass is 543 g/mol. The molecule has 8 heteroatoms. The van der Waals surface area contributed by atoms with Crippen LogP contribution >= 0.6 is 24.0 Å². The number of aromatic nitrogens is 2. The summed E-state index contributed by atoms with van der Waals surface area (Å²) in [6, 6.07) is 8.38. The highest BCUT2D eigenvalue weighted by Crippen LogP contribution is 2.21. The highest BCUT2D eigenvalue weighted by Gasteiger charge is 2.06. The Hall–Kier alpha value is -1.81. The number of aliphatic imine (C=N–C) groups is 1. The first-order valence-electron chi connectivity index (χ1n) is 10.8. The van der Waals surface area contributed by atoms with E-state index in [0.717, 1.165) is 55.4 Å². The summed E-state index contributed by atoms with van der Waals surface area (Å²) in [5, 5.41) is 11.2. The summed E-state index contributed by atoms with van der Waals surface area (Å²) in [5.41, 5.74) is 4.52. The first-order valence-corrected chi connectivity index (χ1v) is 10.8. The van der Waals surface area contributed by atoms with Crippen molar-refractivity contribution in [2.75, 3.05) is 33.4 Å². The molecule has 7 nitrogen and oxygen atoms in total. The number of ether oxygens (including phenoxy) is 2. The third kappa shape index (κ3) is 9.90. The number of nitrogens with one attached hydrogen (secondary N) is 2. The molecule has 0 bridgehead atoms. The zero-order valence-corrected chi connectivity index (χ0v) is 21.9. The summed E-state index contributed by atoms with van der Waals surface area (Å²) in [7, 11) is 1.71. The molecular weight excluding hydrogens is 505 g/mol. The molecule has 31 heavy (non-hydrogen) atoms. The smallest absolute Gasteiger partial charge is 0.191 e. The lowest BCUT2D eigenvalue weighted by Gasteiger charge is -2.14. The van der Waals surface area contributed by atoms with Crippen molar-refractivity contribution in [1.82, 2.24) is 20.4 Å². The molecule has 0 radical (unpaired) electrons. The summed E-state index contributed by atoms with van der Waals surface area (Å²) < 4.78 is 13.1. The molecule has 2 rings (SSSR count). The van der Waals surface area contributed by atoms with Gasteiger partial charge in [0.25, 0.3) is 0 Å². The van der Waals surface area contributed by atoms with Gasteiger partial charge in [-0.15, -0.1) is 24.0 Å². The van der Waals surface area contributed by atoms with Crippen LogP contribution in [0.5, 0.6) is 5.75 Å². The standard InChI is InChI=1S/C23H37N5O2.HI/c1-6-24-23(25-11-7-12-28-20(4)16-19(3)27-28)26-17-21-10-9-18(2)15-22(21)30-14-8-13-29-5;/h9-10,15-16H,6-8,11-14,17H2,1-5H3,(H2,24,25,26);1H. The van der Waals surface area contributed by atoms with Crippen molar-refractivity contribution in [2.24, 2.45) is 4.99 Å². The van der Waals surface area contributed by atoms with E-state index in [-0.39, 0.29) is 24.0 Å². The Morgan fingerprint density at radius 1 is 1.10 bits per heavy atom. The van der Waals surface area contributed by atoms with Crippen molar-refractivity contribution >= 4 is 29.9 Å². The summed E-state index contributed by atoms with van der Waals surface area (Å²) in [5.74, 6) is 1.71. The first kappa shape index (κ1) is 27.2. The van der Waals surface area contributed by atoms with Gasteiger partial charge in [0.15, 0.2) is 5.96 Å². The molecule has 0 amide bonds. The molecular formula is C23H38IN5O2. The SMILES string of the molecule is CCNC(=NCc1ccc(C)cc1OCCCOC)NCCCn1nc(C)cc1C.I. The molecule has 2 aromatic rings. The minimum atomic E-state index is 0. The fraction of sp³-hybridized carbons (Fsp3) is 0.565. The van der Waals surface area contributed by atoms with Crippen molar-refractivity contribution < 1.29 is 9.47 Å². The lowest BCUT2D eigenvalue weighted by Crippen LogP contribution is -2.38. The van der Waals surface area contributed by atoms with Crippen molar-refractivity contribution in [3.8, 4) is 5.75 Å². The van der Waals surface area contributed by atoms with E-state index in [1.807, 2.05) is 6.92 Å². The molecule has 0 unspecified atom stereocenters. The average molecular weight is 543 g/mol. The summed E-state index contributed by atoms with van der Waals surface area (Å²) in [6.45, 7) is 12.7. The highest BCUT2D eigenvalue weighted by molar-refractivity contribution is 14.0. The Morgan fingerprint density at radius 3 is 2.58 bits per heavy atom. The average Bonchev–Trinajstić information content (AvgIpc) is 3.04. The number of benzene rings is 1. The number of hydrogen-bond donors (Lipinski definition) is 2. The van der Waals surface area contributed by atoms with Crippen LogP contribution in [0.15, 0.2) is 29.3 Å². The van der Waals surface area contributed by atoms with Crippen LogP contribution in [-0.2, 0) is 17.8 Å². The Kier molecular flexibility index (Phi) is 13.2. The molecule has 174 valence electrons. The van der Waals surface area contributed by atoms with Gasteiger partial charge in [-0.3, -0.25) is 4.68 Å². The largest absolute Gasteiger partial charge is 0.493 e. The predicted octanol–water partition coefficient (Wildman–Crippen LogP) is 3.99. The van der Waals surface area contributed by atoms with Crippen LogP contribution in [-0.4, -0.2) is 49.2 Å². The summed E-state index contributed by atoms with van der Waals surface area (Å²) >= 11 is 0. The maximum absolute atomic E-state index is 5.97. The van der Waals surface area contributed by atoms with E-state index in [0.29, 0.717) is 19.8 Å². The molecule has 0 fully saturated rings. The van der Waals surface area contributed by atoms with Crippen molar-refractivity contribution in [3.05, 3.63) is 46.8 Å². The van der Waals surface area contributed by atoms with Gasteiger partial charge in [-0.2, -0.15) is 5.10 Å². The van der Waals surface area contributed by atoms with Crippen LogP contribution in [0.2, 0.25) is 0 Å². The molecule has 1 heterocycles. The third-order valence-corrected chi connectivity index (χ3v) is 4.67. The molecule has 0 aliphatic heterocycles. The number of hydrogen-bond acceptors (Lipinski definition) is 4. The van der Waals surface area contributed by atoms with Gasteiger partial charge < -0.3 is 20.1 Å². The van der Waals surface area contributed by atoms with Crippen LogP contribution in [0.25, 0.3) is 0 Å². The van der Waals surface area contributed by atoms with Gasteiger partial charge in [0.1, 0.15) is 5.75 Å². The van der Waals surface area contributed by atoms with E-state index in [1.54, 1.807) is 7.11 Å². The van der Waals surface area contributed by atoms with E-state index < -0.39 is 0 Å². The Morgan fingerprint density at radius 2 is 1.90 bits per heavy atom. The second-order valence-electron chi connectivity index (χ2n) is 7.43. The van der Waals surface area contributed by atoms with Gasteiger partial charge in [-0.25, -0.2) is 4.99 Å². The number of halogens is 1. The zero-order valence-electron chi connectivity index (χ0n) is 19.5. The van der Waals surface area contributed by atoms with Crippen LogP contribution in [0.1, 0.15) is 42.3 Å². The third-order valence-electron chi connectivity index (χ3n) is 4.67. The van der Waals surface area contributed by atoms with Crippen LogP contribution in [0.3, 0.4) is 0 Å². The van der Waals surface area contributed by atoms with Gasteiger partial charge in [-0.05, 0) is 51.8 Å². The molecule has 2 N–H and O–H groups in total. The summed E-state index contributed by atoms with van der Waals surface area (Å²) in [6.07, 6.45) is 1.84. The van der Waals surface area contributed by atoms with Crippen molar-refractivity contribution in [1.29, 1.82) is 0 Å². The Balaban J connectivity index is 0.00000480. The van der Waals surface area contributed by atoms with Gasteiger partial charge >= 0.3 is 0 Å². The van der Waals surface area contributed by atoms with Gasteiger partial charge in [0.2, 0.25) is 0 Å². The molecule has 0 aliphatic carbocycles. The topological polar surface area (TPSA) is 72.7 Å². The van der Waals surface area contributed by atoms with Gasteiger partial charge in [0.05, 0.1) is 18.8 Å². The fourth-order valence-corrected chi connectivity index (χ4v) is 3.16. The quantitative estimate of drug-likeness (QED) is 0.183. The van der Waals surface area contributed by atoms with E-state index in [2.05, 4.69) is 65.5 Å². The maximum Gasteiger partial charge on any atom is 0.191 e. The normalized spacial score (nSPS) is 11.2. The molecule has 0 saturated heterocycles. The van der Waals surface area contributed by atoms with Gasteiger partial charge in [0, 0.05) is 51.0 Å².